The summed E-state index contributed by atoms with van der Waals surface area (Å²) in [5.74, 6) is 2.33. The molecule has 20 heavy (non-hydrogen) atoms. The van der Waals surface area contributed by atoms with Gasteiger partial charge >= 0.3 is 0 Å². The number of anilines is 1. The first-order valence-electron chi connectivity index (χ1n) is 7.06. The maximum Gasteiger partial charge on any atom is 0.182 e. The third kappa shape index (κ3) is 2.74. The molecule has 2 N–H and O–H groups in total. The fourth-order valence-electron chi connectivity index (χ4n) is 2.25. The molecule has 6 heteroatoms. The van der Waals surface area contributed by atoms with Crippen LogP contribution >= 0.6 is 0 Å². The normalized spacial score (nSPS) is 14.4. The lowest BCUT2D eigenvalue weighted by molar-refractivity contribution is 0.342. The highest BCUT2D eigenvalue weighted by Gasteiger charge is 2.21. The molecule has 1 aliphatic carbocycles. The van der Waals surface area contributed by atoms with Crippen molar-refractivity contribution in [2.75, 3.05) is 12.3 Å². The van der Waals surface area contributed by atoms with Crippen molar-refractivity contribution in [3.63, 3.8) is 0 Å². The second-order valence-electron chi connectivity index (χ2n) is 5.14. The van der Waals surface area contributed by atoms with E-state index in [1.807, 2.05) is 29.8 Å². The fraction of sp³-hybridized carbons (Fsp3) is 0.500. The van der Waals surface area contributed by atoms with Gasteiger partial charge in [-0.1, -0.05) is 12.8 Å². The number of aromatic nitrogens is 4. The minimum Gasteiger partial charge on any atom is -0.492 e. The number of aryl methyl sites for hydroxylation is 1. The van der Waals surface area contributed by atoms with Crippen molar-refractivity contribution in [2.45, 2.75) is 32.7 Å². The lowest BCUT2D eigenvalue weighted by atomic mass is 10.1. The van der Waals surface area contributed by atoms with E-state index >= 15 is 0 Å². The van der Waals surface area contributed by atoms with E-state index < -0.39 is 0 Å². The molecule has 0 aliphatic heterocycles. The average molecular weight is 273 g/mol. The van der Waals surface area contributed by atoms with Crippen LogP contribution < -0.4 is 10.5 Å². The summed E-state index contributed by atoms with van der Waals surface area (Å²) in [7, 11) is 0. The van der Waals surface area contributed by atoms with Crippen molar-refractivity contribution in [1.82, 2.24) is 20.2 Å². The zero-order chi connectivity index (χ0) is 13.9. The SMILES string of the molecule is CCOc1ccc(-c2nnnn2CCC2CC2)cc1N. The highest BCUT2D eigenvalue weighted by Crippen LogP contribution is 2.33. The molecular formula is C14H19N5O. The van der Waals surface area contributed by atoms with E-state index in [4.69, 9.17) is 10.5 Å². The molecule has 1 saturated carbocycles. The maximum absolute atomic E-state index is 5.99. The van der Waals surface area contributed by atoms with Gasteiger partial charge in [0.2, 0.25) is 0 Å². The van der Waals surface area contributed by atoms with Crippen LogP contribution in [-0.2, 0) is 6.54 Å². The number of tetrazole rings is 1. The highest BCUT2D eigenvalue weighted by atomic mass is 16.5. The van der Waals surface area contributed by atoms with Crippen LogP contribution in [0.15, 0.2) is 18.2 Å². The Morgan fingerprint density at radius 2 is 2.25 bits per heavy atom. The van der Waals surface area contributed by atoms with E-state index in [0.29, 0.717) is 18.0 Å². The molecule has 2 aromatic rings. The van der Waals surface area contributed by atoms with Crippen LogP contribution in [-0.4, -0.2) is 26.8 Å². The summed E-state index contributed by atoms with van der Waals surface area (Å²) in [5, 5.41) is 11.9. The number of benzene rings is 1. The molecule has 0 saturated heterocycles. The zero-order valence-corrected chi connectivity index (χ0v) is 11.6. The molecule has 1 aromatic carbocycles. The van der Waals surface area contributed by atoms with Crippen LogP contribution in [0, 0.1) is 5.92 Å². The molecule has 106 valence electrons. The van der Waals surface area contributed by atoms with E-state index in [-0.39, 0.29) is 0 Å². The van der Waals surface area contributed by atoms with E-state index in [9.17, 15) is 0 Å². The third-order valence-electron chi connectivity index (χ3n) is 3.55. The summed E-state index contributed by atoms with van der Waals surface area (Å²) in [4.78, 5) is 0. The van der Waals surface area contributed by atoms with Crippen LogP contribution in [0.3, 0.4) is 0 Å². The van der Waals surface area contributed by atoms with Gasteiger partial charge in [0, 0.05) is 12.1 Å². The van der Waals surface area contributed by atoms with Crippen LogP contribution in [0.1, 0.15) is 26.2 Å². The molecule has 0 amide bonds. The topological polar surface area (TPSA) is 78.9 Å². The molecule has 0 spiro atoms. The number of nitrogen functional groups attached to an aromatic ring is 1. The Balaban J connectivity index is 1.81. The molecule has 3 rings (SSSR count). The summed E-state index contributed by atoms with van der Waals surface area (Å²) < 4.78 is 7.30. The van der Waals surface area contributed by atoms with E-state index in [1.165, 1.54) is 12.8 Å². The van der Waals surface area contributed by atoms with E-state index in [0.717, 1.165) is 30.3 Å². The fourth-order valence-corrected chi connectivity index (χ4v) is 2.25. The zero-order valence-electron chi connectivity index (χ0n) is 11.6. The van der Waals surface area contributed by atoms with Crippen molar-refractivity contribution in [2.24, 2.45) is 5.92 Å². The molecule has 6 nitrogen and oxygen atoms in total. The van der Waals surface area contributed by atoms with Crippen LogP contribution in [0.4, 0.5) is 5.69 Å². The minimum atomic E-state index is 0.600. The summed E-state index contributed by atoms with van der Waals surface area (Å²) in [6.45, 7) is 3.40. The Hall–Kier alpha value is -2.11. The maximum atomic E-state index is 5.99. The van der Waals surface area contributed by atoms with Gasteiger partial charge in [-0.3, -0.25) is 0 Å². The van der Waals surface area contributed by atoms with E-state index in [1.54, 1.807) is 0 Å². The first kappa shape index (κ1) is 12.9. The lowest BCUT2D eigenvalue weighted by Crippen LogP contribution is -2.04. The molecule has 0 atom stereocenters. The molecule has 0 bridgehead atoms. The third-order valence-corrected chi connectivity index (χ3v) is 3.55. The number of nitrogens with two attached hydrogens (primary N) is 1. The number of rotatable bonds is 6. The Morgan fingerprint density at radius 1 is 1.40 bits per heavy atom. The van der Waals surface area contributed by atoms with Gasteiger partial charge in [0.1, 0.15) is 5.75 Å². The predicted octanol–water partition coefficient (Wildman–Crippen LogP) is 2.12. The van der Waals surface area contributed by atoms with Gasteiger partial charge in [0.25, 0.3) is 0 Å². The first-order chi connectivity index (χ1) is 9.78. The smallest absolute Gasteiger partial charge is 0.182 e. The monoisotopic (exact) mass is 273 g/mol. The van der Waals surface area contributed by atoms with Gasteiger partial charge in [-0.25, -0.2) is 4.68 Å². The standard InChI is InChI=1S/C14H19N5O/c1-2-20-13-6-5-11(9-12(13)15)14-16-17-18-19(14)8-7-10-3-4-10/h5-6,9-10H,2-4,7-8,15H2,1H3. The van der Waals surface area contributed by atoms with Gasteiger partial charge in [0.15, 0.2) is 5.82 Å². The Labute approximate surface area is 117 Å². The summed E-state index contributed by atoms with van der Waals surface area (Å²) in [5.41, 5.74) is 7.53. The number of ether oxygens (including phenoxy) is 1. The number of hydrogen-bond donors (Lipinski definition) is 1. The molecule has 1 fully saturated rings. The number of hydrogen-bond acceptors (Lipinski definition) is 5. The Kier molecular flexibility index (Phi) is 3.54. The van der Waals surface area contributed by atoms with Crippen LogP contribution in [0.5, 0.6) is 5.75 Å². The minimum absolute atomic E-state index is 0.600. The quantitative estimate of drug-likeness (QED) is 0.815. The summed E-state index contributed by atoms with van der Waals surface area (Å²) >= 11 is 0. The predicted molar refractivity (Wildman–Crippen MR) is 76.2 cm³/mol. The van der Waals surface area contributed by atoms with Gasteiger partial charge in [-0.15, -0.1) is 5.10 Å². The Bertz CT molecular complexity index is 591. The lowest BCUT2D eigenvalue weighted by Gasteiger charge is -2.09. The van der Waals surface area contributed by atoms with Crippen molar-refractivity contribution < 1.29 is 4.74 Å². The molecule has 0 radical (unpaired) electrons. The Morgan fingerprint density at radius 3 is 2.95 bits per heavy atom. The first-order valence-corrected chi connectivity index (χ1v) is 7.06. The van der Waals surface area contributed by atoms with Gasteiger partial charge < -0.3 is 10.5 Å². The summed E-state index contributed by atoms with van der Waals surface area (Å²) in [6.07, 6.45) is 3.82. The molecular weight excluding hydrogens is 254 g/mol. The summed E-state index contributed by atoms with van der Waals surface area (Å²) in [6, 6.07) is 5.68. The largest absolute Gasteiger partial charge is 0.492 e. The molecule has 1 aromatic heterocycles. The van der Waals surface area contributed by atoms with Gasteiger partial charge in [0.05, 0.1) is 12.3 Å². The van der Waals surface area contributed by atoms with Gasteiger partial charge in [-0.2, -0.15) is 0 Å². The van der Waals surface area contributed by atoms with E-state index in [2.05, 4.69) is 15.5 Å². The van der Waals surface area contributed by atoms with Crippen molar-refractivity contribution in [3.05, 3.63) is 18.2 Å². The second kappa shape index (κ2) is 5.48. The van der Waals surface area contributed by atoms with Crippen LogP contribution in [0.2, 0.25) is 0 Å². The molecule has 1 aliphatic rings. The second-order valence-corrected chi connectivity index (χ2v) is 5.14. The molecule has 1 heterocycles. The van der Waals surface area contributed by atoms with Crippen molar-refractivity contribution in [1.29, 1.82) is 0 Å². The van der Waals surface area contributed by atoms with Crippen LogP contribution in [0.25, 0.3) is 11.4 Å². The van der Waals surface area contributed by atoms with Gasteiger partial charge in [-0.05, 0) is 47.9 Å². The van der Waals surface area contributed by atoms with Crippen molar-refractivity contribution in [3.8, 4) is 17.1 Å². The molecule has 0 unspecified atom stereocenters. The average Bonchev–Trinajstić information content (AvgIpc) is 3.16. The number of nitrogens with zero attached hydrogens (tertiary/aromatic N) is 4. The highest BCUT2D eigenvalue weighted by molar-refractivity contribution is 5.66. The van der Waals surface area contributed by atoms with Crippen molar-refractivity contribution >= 4 is 5.69 Å².